The van der Waals surface area contributed by atoms with E-state index < -0.39 is 82.2 Å². The molecule has 0 unspecified atom stereocenters. The van der Waals surface area contributed by atoms with Gasteiger partial charge < -0.3 is 84.1 Å². The Bertz CT molecular complexity index is 4100. The van der Waals surface area contributed by atoms with Crippen molar-refractivity contribution in [2.45, 2.75) is 109 Å². The second kappa shape index (κ2) is 41.8. The molecular weight excluding hydrogens is 1570 g/mol. The highest BCUT2D eigenvalue weighted by Gasteiger charge is 2.37. The molecule has 0 saturated carbocycles. The second-order valence-corrected chi connectivity index (χ2v) is 28.8. The van der Waals surface area contributed by atoms with Gasteiger partial charge in [0.2, 0.25) is 0 Å². The molecule has 37 heteroatoms. The third-order valence-electron chi connectivity index (χ3n) is 18.2. The van der Waals surface area contributed by atoms with Crippen molar-refractivity contribution in [2.24, 2.45) is 5.92 Å². The van der Waals surface area contributed by atoms with Gasteiger partial charge in [0.05, 0.1) is 52.2 Å². The van der Waals surface area contributed by atoms with Gasteiger partial charge in [-0.15, -0.1) is 0 Å². The summed E-state index contributed by atoms with van der Waals surface area (Å²) in [7, 11) is 8.85. The number of hydrogen-bond acceptors (Lipinski definition) is 16. The van der Waals surface area contributed by atoms with Crippen LogP contribution in [0.5, 0.6) is 0 Å². The van der Waals surface area contributed by atoms with Crippen LogP contribution in [-0.2, 0) is 48.0 Å². The molecule has 4 saturated heterocycles. The number of alkyl halides is 21. The molecule has 4 aliphatic heterocycles. The fraction of sp³-hybridized carbons (Fsp3) is 0.468. The lowest BCUT2D eigenvalue weighted by Gasteiger charge is -2.34. The average molecular weight is 1680 g/mol. The number of rotatable bonds is 12. The standard InChI is InChI=1S/C12H16F3N3.C12H15F3N2.2C12H17F3N2.C11H13F3N2O.C11H13F3N2.C9H11F3N2/c1-17-2-4-18(5-3-17)11-7-9(12(13,14)15)6-10(16)8-11;13-12(14,15)9-6-10(16)8-11(7-9)17-4-2-1-3-5-17;1-8(2)7-17(3)11-5-9(12(13,14)15)4-10(16)6-11;1-3-4-5-17(2)11-7-9(12(13,14)15)6-10(16)8-11;12-11(13,14)8-5-9(15)7-10(6-8)16-1-3-17-4-2-16;12-11(13,14)8-5-9(15)7-10(6-8)16-3-1-2-4-16;1-14(2)8-4-6(9(10,11)12)3-7(13)5-8/h6-8H,2-5,16H2,1H3;6-8H,1-5,16H2;4-6,8H,7,16H2,1-3H3;6-8H,3-5,16H2,1-2H3;5-7H,1-4,15H2;5-7H,1-4,15H2;3-5H,13H2,1-2H3. The van der Waals surface area contributed by atoms with Gasteiger partial charge in [0, 0.05) is 186 Å². The highest BCUT2D eigenvalue weighted by Crippen LogP contribution is 2.41. The number of hydrogen-bond donors (Lipinski definition) is 7. The molecule has 14 N–H and O–H groups in total. The van der Waals surface area contributed by atoms with Crippen molar-refractivity contribution in [1.82, 2.24) is 4.90 Å². The van der Waals surface area contributed by atoms with Gasteiger partial charge in [0.25, 0.3) is 0 Å². The fourth-order valence-corrected chi connectivity index (χ4v) is 12.2. The highest BCUT2D eigenvalue weighted by molar-refractivity contribution is 5.65. The molecule has 0 aromatic heterocycles. The molecule has 4 heterocycles. The Kier molecular flexibility index (Phi) is 34.9. The first-order valence-corrected chi connectivity index (χ1v) is 36.8. The summed E-state index contributed by atoms with van der Waals surface area (Å²) >= 11 is 0. The Morgan fingerprint density at radius 2 is 0.569 bits per heavy atom. The van der Waals surface area contributed by atoms with Crippen molar-refractivity contribution in [3.63, 3.8) is 0 Å². The van der Waals surface area contributed by atoms with Crippen molar-refractivity contribution in [3.8, 4) is 0 Å². The van der Waals surface area contributed by atoms with Crippen molar-refractivity contribution in [3.05, 3.63) is 166 Å². The number of nitrogen functional groups attached to an aromatic ring is 7. The Morgan fingerprint density at radius 1 is 0.319 bits per heavy atom. The van der Waals surface area contributed by atoms with Crippen molar-refractivity contribution in [1.29, 1.82) is 0 Å². The van der Waals surface area contributed by atoms with Crippen LogP contribution in [-0.4, -0.2) is 132 Å². The maximum absolute atomic E-state index is 12.7. The number of morpholine rings is 1. The van der Waals surface area contributed by atoms with Gasteiger partial charge in [-0.25, -0.2) is 0 Å². The van der Waals surface area contributed by atoms with E-state index in [4.69, 9.17) is 44.9 Å². The summed E-state index contributed by atoms with van der Waals surface area (Å²) in [6.45, 7) is 16.0. The van der Waals surface area contributed by atoms with E-state index in [1.807, 2.05) is 47.4 Å². The van der Waals surface area contributed by atoms with Crippen LogP contribution in [0.2, 0.25) is 0 Å². The van der Waals surface area contributed by atoms with Crippen molar-refractivity contribution >= 4 is 79.6 Å². The van der Waals surface area contributed by atoms with E-state index in [-0.39, 0.29) is 39.8 Å². The predicted octanol–water partition coefficient (Wildman–Crippen LogP) is 19.6. The van der Waals surface area contributed by atoms with E-state index in [9.17, 15) is 92.2 Å². The molecule has 4 aliphatic rings. The SMILES string of the molecule is CC(C)CN(C)c1cc(N)cc(C(F)(F)F)c1.CCCCN(C)c1cc(N)cc(C(F)(F)F)c1.CN(C)c1cc(N)cc(C(F)(F)F)c1.CN1CCN(c2cc(N)cc(C(F)(F)F)c2)CC1.Nc1cc(N2CCCC2)cc(C(F)(F)F)c1.Nc1cc(N2CCCCC2)cc(C(F)(F)F)c1.Nc1cc(N2CCOCC2)cc(C(F)(F)F)c1. The van der Waals surface area contributed by atoms with E-state index >= 15 is 0 Å². The number of benzene rings is 7. The molecule has 11 rings (SSSR count). The Balaban J connectivity index is 0.000000242. The zero-order valence-electron chi connectivity index (χ0n) is 65.5. The first-order valence-electron chi connectivity index (χ1n) is 36.8. The summed E-state index contributed by atoms with van der Waals surface area (Å²) in [5.74, 6) is 0.371. The molecule has 116 heavy (non-hydrogen) atoms. The van der Waals surface area contributed by atoms with Gasteiger partial charge in [-0.05, 0) is 179 Å². The largest absolute Gasteiger partial charge is 0.416 e. The highest BCUT2D eigenvalue weighted by atomic mass is 19.4. The van der Waals surface area contributed by atoms with Crippen LogP contribution in [0.3, 0.4) is 0 Å². The fourth-order valence-electron chi connectivity index (χ4n) is 12.2. The molecule has 646 valence electrons. The lowest BCUT2D eigenvalue weighted by Crippen LogP contribution is -2.44. The minimum Gasteiger partial charge on any atom is -0.399 e. The molecule has 0 bridgehead atoms. The van der Waals surface area contributed by atoms with Crippen molar-refractivity contribution in [2.75, 3.05) is 201 Å². The number of anilines is 14. The lowest BCUT2D eigenvalue weighted by molar-refractivity contribution is -0.138. The summed E-state index contributed by atoms with van der Waals surface area (Å²) in [6.07, 6.45) is -23.3. The summed E-state index contributed by atoms with van der Waals surface area (Å²) in [6, 6.07) is 25.6. The minimum absolute atomic E-state index is 0.114. The van der Waals surface area contributed by atoms with Gasteiger partial charge in [-0.1, -0.05) is 27.2 Å². The van der Waals surface area contributed by atoms with Gasteiger partial charge in [0.15, 0.2) is 0 Å². The van der Waals surface area contributed by atoms with Crippen LogP contribution < -0.4 is 74.4 Å². The predicted molar refractivity (Wildman–Crippen MR) is 422 cm³/mol. The number of likely N-dealkylation sites (N-methyl/N-ethyl adjacent to an activating group) is 1. The number of nitrogens with zero attached hydrogens (tertiary/aromatic N) is 8. The van der Waals surface area contributed by atoms with Gasteiger partial charge in [-0.2, -0.15) is 92.2 Å². The molecule has 0 spiro atoms. The first-order chi connectivity index (χ1) is 53.6. The number of unbranched alkanes of at least 4 members (excludes halogenated alkanes) is 1. The number of halogens is 21. The van der Waals surface area contributed by atoms with Crippen LogP contribution in [0.25, 0.3) is 0 Å². The smallest absolute Gasteiger partial charge is 0.399 e. The van der Waals surface area contributed by atoms with Crippen LogP contribution in [0.4, 0.5) is 172 Å². The summed E-state index contributed by atoms with van der Waals surface area (Å²) in [4.78, 5) is 15.0. The average Bonchev–Trinajstić information content (AvgIpc) is 0.929. The van der Waals surface area contributed by atoms with Crippen LogP contribution >= 0.6 is 0 Å². The Morgan fingerprint density at radius 3 is 0.853 bits per heavy atom. The van der Waals surface area contributed by atoms with Gasteiger partial charge in [0.1, 0.15) is 0 Å². The third kappa shape index (κ3) is 32.3. The molecule has 0 radical (unpaired) electrons. The zero-order valence-corrected chi connectivity index (χ0v) is 65.5. The Hall–Kier alpha value is -9.81. The zero-order chi connectivity index (χ0) is 87.2. The van der Waals surface area contributed by atoms with Gasteiger partial charge in [-0.3, -0.25) is 0 Å². The normalized spacial score (nSPS) is 15.0. The molecule has 16 nitrogen and oxygen atoms in total. The lowest BCUT2D eigenvalue weighted by atomic mass is 10.1. The van der Waals surface area contributed by atoms with Crippen LogP contribution in [0, 0.1) is 5.92 Å². The molecule has 0 atom stereocenters. The van der Waals surface area contributed by atoms with E-state index in [0.717, 1.165) is 171 Å². The summed E-state index contributed by atoms with van der Waals surface area (Å²) in [5, 5.41) is 0. The topological polar surface area (TPSA) is 217 Å². The van der Waals surface area contributed by atoms with Crippen LogP contribution in [0.1, 0.15) is 105 Å². The number of ether oxygens (including phenoxy) is 1. The number of nitrogens with two attached hydrogens (primary N) is 7. The monoisotopic (exact) mass is 1680 g/mol. The van der Waals surface area contributed by atoms with E-state index in [2.05, 4.69) is 4.90 Å². The van der Waals surface area contributed by atoms with Gasteiger partial charge >= 0.3 is 43.2 Å². The number of piperazine rings is 1. The van der Waals surface area contributed by atoms with E-state index in [1.165, 1.54) is 24.3 Å². The Labute approximate surface area is 661 Å². The molecular formula is C79H102F21N15O. The molecule has 0 aliphatic carbocycles. The molecule has 7 aromatic rings. The third-order valence-corrected chi connectivity index (χ3v) is 18.2. The molecule has 0 amide bonds. The quantitative estimate of drug-likeness (QED) is 0.0447. The maximum Gasteiger partial charge on any atom is 0.416 e. The first kappa shape index (κ1) is 96.8. The van der Waals surface area contributed by atoms with E-state index in [1.54, 1.807) is 79.3 Å². The second-order valence-electron chi connectivity index (χ2n) is 28.8. The maximum atomic E-state index is 12.7. The van der Waals surface area contributed by atoms with E-state index in [0.29, 0.717) is 78.6 Å². The minimum atomic E-state index is -4.36. The summed E-state index contributed by atoms with van der Waals surface area (Å²) < 4.78 is 269. The number of piperidine rings is 1. The molecule has 7 aromatic carbocycles. The molecule has 4 fully saturated rings. The van der Waals surface area contributed by atoms with Crippen molar-refractivity contribution < 1.29 is 96.9 Å². The summed E-state index contributed by atoms with van der Waals surface area (Å²) in [5.41, 5.74) is 38.2. The van der Waals surface area contributed by atoms with Crippen LogP contribution in [0.15, 0.2) is 127 Å².